The number of ether oxygens (including phenoxy) is 1. The maximum atomic E-state index is 12.0. The fourth-order valence-electron chi connectivity index (χ4n) is 1.69. The molecule has 0 saturated heterocycles. The number of benzene rings is 1. The quantitative estimate of drug-likeness (QED) is 0.625. The molecule has 0 fully saturated rings. The van der Waals surface area contributed by atoms with Crippen LogP contribution in [-0.4, -0.2) is 30.5 Å². The van der Waals surface area contributed by atoms with Gasteiger partial charge in [0, 0.05) is 17.3 Å². The molecule has 0 saturated carbocycles. The monoisotopic (exact) mass is 259 g/mol. The summed E-state index contributed by atoms with van der Waals surface area (Å²) in [5.74, 6) is -0.946. The number of nitrogens with zero attached hydrogens (tertiary/aromatic N) is 1. The van der Waals surface area contributed by atoms with Gasteiger partial charge in [-0.3, -0.25) is 14.6 Å². The Hall–Kier alpha value is -2.63. The number of nitrogens with one attached hydrogen (secondary N) is 1. The van der Waals surface area contributed by atoms with Crippen molar-refractivity contribution in [3.8, 4) is 0 Å². The highest BCUT2D eigenvalue weighted by molar-refractivity contribution is 6.06. The van der Waals surface area contributed by atoms with E-state index in [4.69, 9.17) is 5.73 Å². The average molecular weight is 259 g/mol. The molecule has 0 spiro atoms. The first-order valence-electron chi connectivity index (χ1n) is 5.61. The number of esters is 1. The van der Waals surface area contributed by atoms with Crippen LogP contribution in [0.15, 0.2) is 30.5 Å². The van der Waals surface area contributed by atoms with Crippen LogP contribution in [-0.2, 0) is 9.53 Å². The minimum atomic E-state index is -0.516. The first kappa shape index (κ1) is 12.8. The van der Waals surface area contributed by atoms with Crippen LogP contribution in [0.25, 0.3) is 10.8 Å². The van der Waals surface area contributed by atoms with E-state index >= 15 is 0 Å². The Labute approximate surface area is 109 Å². The first-order chi connectivity index (χ1) is 9.11. The molecule has 0 unspecified atom stereocenters. The zero-order valence-electron chi connectivity index (χ0n) is 10.3. The Bertz CT molecular complexity index is 640. The highest BCUT2D eigenvalue weighted by Gasteiger charge is 2.12. The smallest absolute Gasteiger partial charge is 0.325 e. The van der Waals surface area contributed by atoms with E-state index in [1.54, 1.807) is 24.3 Å². The highest BCUT2D eigenvalue weighted by Crippen LogP contribution is 2.19. The number of carbonyl (C=O) groups is 2. The number of methoxy groups -OCH3 is 1. The summed E-state index contributed by atoms with van der Waals surface area (Å²) in [4.78, 5) is 27.0. The Balaban J connectivity index is 2.29. The number of carbonyl (C=O) groups excluding carboxylic acids is 2. The first-order valence-corrected chi connectivity index (χ1v) is 5.61. The molecule has 1 heterocycles. The molecule has 1 amide bonds. The summed E-state index contributed by atoms with van der Waals surface area (Å²) >= 11 is 0. The van der Waals surface area contributed by atoms with Gasteiger partial charge in [-0.15, -0.1) is 0 Å². The van der Waals surface area contributed by atoms with Gasteiger partial charge in [-0.05, 0) is 29.7 Å². The van der Waals surface area contributed by atoms with E-state index in [1.807, 2.05) is 0 Å². The molecule has 0 bridgehead atoms. The summed E-state index contributed by atoms with van der Waals surface area (Å²) in [6.45, 7) is -0.192. The number of rotatable bonds is 3. The van der Waals surface area contributed by atoms with Gasteiger partial charge < -0.3 is 15.8 Å². The third kappa shape index (κ3) is 2.79. The molecule has 6 nitrogen and oxygen atoms in total. The third-order valence-electron chi connectivity index (χ3n) is 2.62. The van der Waals surface area contributed by atoms with Gasteiger partial charge in [-0.1, -0.05) is 0 Å². The molecule has 1 aromatic heterocycles. The van der Waals surface area contributed by atoms with Gasteiger partial charge in [-0.25, -0.2) is 0 Å². The maximum Gasteiger partial charge on any atom is 0.325 e. The van der Waals surface area contributed by atoms with Crippen LogP contribution in [0.3, 0.4) is 0 Å². The lowest BCUT2D eigenvalue weighted by atomic mass is 10.1. The summed E-state index contributed by atoms with van der Waals surface area (Å²) in [7, 11) is 1.26. The van der Waals surface area contributed by atoms with Gasteiger partial charge in [0.1, 0.15) is 12.2 Å². The second-order valence-electron chi connectivity index (χ2n) is 3.90. The largest absolute Gasteiger partial charge is 0.468 e. The molecule has 19 heavy (non-hydrogen) atoms. The van der Waals surface area contributed by atoms with Gasteiger partial charge in [-0.2, -0.15) is 0 Å². The van der Waals surface area contributed by atoms with Crippen molar-refractivity contribution < 1.29 is 14.3 Å². The molecule has 0 aliphatic rings. The van der Waals surface area contributed by atoms with E-state index < -0.39 is 11.9 Å². The Morgan fingerprint density at radius 2 is 2.16 bits per heavy atom. The number of nitrogen functional groups attached to an aromatic ring is 1. The number of aromatic nitrogens is 1. The lowest BCUT2D eigenvalue weighted by molar-refractivity contribution is -0.139. The fraction of sp³-hybridized carbons (Fsp3) is 0.154. The summed E-state index contributed by atoms with van der Waals surface area (Å²) in [5.41, 5.74) is 6.55. The zero-order chi connectivity index (χ0) is 13.8. The van der Waals surface area contributed by atoms with Crippen LogP contribution in [0.4, 0.5) is 5.69 Å². The van der Waals surface area contributed by atoms with Crippen molar-refractivity contribution in [3.05, 3.63) is 36.2 Å². The standard InChI is InChI=1S/C13H13N3O3/c1-19-11(17)7-16-13(18)12-10-3-2-9(14)6-8(10)4-5-15-12/h2-6H,7,14H2,1H3,(H,16,18). The highest BCUT2D eigenvalue weighted by atomic mass is 16.5. The van der Waals surface area contributed by atoms with Crippen molar-refractivity contribution in [1.82, 2.24) is 10.3 Å². The predicted molar refractivity (Wildman–Crippen MR) is 70.5 cm³/mol. The van der Waals surface area contributed by atoms with Crippen molar-refractivity contribution in [3.63, 3.8) is 0 Å². The van der Waals surface area contributed by atoms with Gasteiger partial charge in [0.25, 0.3) is 5.91 Å². The van der Waals surface area contributed by atoms with E-state index in [1.165, 1.54) is 13.3 Å². The van der Waals surface area contributed by atoms with Crippen molar-refractivity contribution in [2.75, 3.05) is 19.4 Å². The van der Waals surface area contributed by atoms with Crippen molar-refractivity contribution >= 4 is 28.3 Å². The van der Waals surface area contributed by atoms with Crippen LogP contribution in [0, 0.1) is 0 Å². The van der Waals surface area contributed by atoms with Crippen LogP contribution in [0.5, 0.6) is 0 Å². The summed E-state index contributed by atoms with van der Waals surface area (Å²) in [6, 6.07) is 6.95. The van der Waals surface area contributed by atoms with E-state index in [0.29, 0.717) is 11.1 Å². The Kier molecular flexibility index (Phi) is 3.61. The van der Waals surface area contributed by atoms with Crippen molar-refractivity contribution in [1.29, 1.82) is 0 Å². The molecule has 0 atom stereocenters. The molecule has 98 valence electrons. The Morgan fingerprint density at radius 3 is 2.89 bits per heavy atom. The van der Waals surface area contributed by atoms with E-state index in [0.717, 1.165) is 5.39 Å². The number of pyridine rings is 1. The van der Waals surface area contributed by atoms with Crippen LogP contribution < -0.4 is 11.1 Å². The average Bonchev–Trinajstić information content (AvgIpc) is 2.43. The number of fused-ring (bicyclic) bond motifs is 1. The van der Waals surface area contributed by atoms with Gasteiger partial charge in [0.2, 0.25) is 0 Å². The normalized spacial score (nSPS) is 10.2. The molecule has 2 rings (SSSR count). The molecule has 0 aliphatic heterocycles. The zero-order valence-corrected chi connectivity index (χ0v) is 10.3. The minimum Gasteiger partial charge on any atom is -0.468 e. The van der Waals surface area contributed by atoms with Crippen molar-refractivity contribution in [2.45, 2.75) is 0 Å². The number of hydrogen-bond donors (Lipinski definition) is 2. The van der Waals surface area contributed by atoms with Gasteiger partial charge >= 0.3 is 5.97 Å². The second kappa shape index (κ2) is 5.34. The summed E-state index contributed by atoms with van der Waals surface area (Å²) in [5, 5.41) is 3.95. The SMILES string of the molecule is COC(=O)CNC(=O)c1nccc2cc(N)ccc12. The topological polar surface area (TPSA) is 94.3 Å². The number of anilines is 1. The van der Waals surface area contributed by atoms with Crippen molar-refractivity contribution in [2.24, 2.45) is 0 Å². The van der Waals surface area contributed by atoms with E-state index in [2.05, 4.69) is 15.0 Å². The summed E-state index contributed by atoms with van der Waals surface area (Å²) in [6.07, 6.45) is 1.52. The number of hydrogen-bond acceptors (Lipinski definition) is 5. The number of nitrogens with two attached hydrogens (primary N) is 1. The maximum absolute atomic E-state index is 12.0. The minimum absolute atomic E-state index is 0.192. The Morgan fingerprint density at radius 1 is 1.37 bits per heavy atom. The predicted octanol–water partition coefficient (Wildman–Crippen LogP) is 0.720. The third-order valence-corrected chi connectivity index (χ3v) is 2.62. The fourth-order valence-corrected chi connectivity index (χ4v) is 1.69. The van der Waals surface area contributed by atoms with Gasteiger partial charge in [0.05, 0.1) is 7.11 Å². The molecule has 1 aromatic carbocycles. The van der Waals surface area contributed by atoms with Crippen LogP contribution in [0.2, 0.25) is 0 Å². The molecule has 2 aromatic rings. The van der Waals surface area contributed by atoms with Crippen LogP contribution in [0.1, 0.15) is 10.5 Å². The van der Waals surface area contributed by atoms with Gasteiger partial charge in [0.15, 0.2) is 0 Å². The molecule has 0 aliphatic carbocycles. The molecule has 3 N–H and O–H groups in total. The van der Waals surface area contributed by atoms with E-state index in [9.17, 15) is 9.59 Å². The lowest BCUT2D eigenvalue weighted by Gasteiger charge is -2.06. The second-order valence-corrected chi connectivity index (χ2v) is 3.90. The molecular weight excluding hydrogens is 246 g/mol. The molecule has 6 heteroatoms. The van der Waals surface area contributed by atoms with E-state index in [-0.39, 0.29) is 12.2 Å². The number of amides is 1. The molecular formula is C13H13N3O3. The lowest BCUT2D eigenvalue weighted by Crippen LogP contribution is -2.30. The van der Waals surface area contributed by atoms with Crippen LogP contribution >= 0.6 is 0 Å². The summed E-state index contributed by atoms with van der Waals surface area (Å²) < 4.78 is 4.45. The molecule has 0 radical (unpaired) electrons.